The van der Waals surface area contributed by atoms with Crippen molar-refractivity contribution < 1.29 is 4.79 Å². The molecule has 0 saturated carbocycles. The number of aromatic nitrogens is 2. The SMILES string of the molecule is Cc1cc(C)cc(NC(=O)Cn2c(-c3ccccc3C)nc3ccccc32)c1. The van der Waals surface area contributed by atoms with Gasteiger partial charge in [0.2, 0.25) is 5.91 Å². The Morgan fingerprint density at radius 1 is 0.929 bits per heavy atom. The van der Waals surface area contributed by atoms with Crippen LogP contribution in [0.3, 0.4) is 0 Å². The zero-order chi connectivity index (χ0) is 19.7. The lowest BCUT2D eigenvalue weighted by atomic mass is 10.1. The van der Waals surface area contributed by atoms with Crippen LogP contribution in [0, 0.1) is 20.8 Å². The number of aryl methyl sites for hydroxylation is 3. The van der Waals surface area contributed by atoms with Crippen LogP contribution in [0.15, 0.2) is 66.7 Å². The highest BCUT2D eigenvalue weighted by atomic mass is 16.1. The number of hydrogen-bond acceptors (Lipinski definition) is 2. The van der Waals surface area contributed by atoms with Crippen molar-refractivity contribution >= 4 is 22.6 Å². The number of amides is 1. The maximum absolute atomic E-state index is 12.9. The molecular formula is C24H23N3O. The Hall–Kier alpha value is -3.40. The van der Waals surface area contributed by atoms with Gasteiger partial charge in [0.05, 0.1) is 11.0 Å². The summed E-state index contributed by atoms with van der Waals surface area (Å²) in [6, 6.07) is 22.1. The van der Waals surface area contributed by atoms with Crippen LogP contribution in [0.2, 0.25) is 0 Å². The fraction of sp³-hybridized carbons (Fsp3) is 0.167. The van der Waals surface area contributed by atoms with E-state index in [0.717, 1.165) is 44.8 Å². The summed E-state index contributed by atoms with van der Waals surface area (Å²) in [6.07, 6.45) is 0. The van der Waals surface area contributed by atoms with E-state index in [1.807, 2.05) is 66.9 Å². The van der Waals surface area contributed by atoms with Gasteiger partial charge in [0.25, 0.3) is 0 Å². The largest absolute Gasteiger partial charge is 0.325 e. The van der Waals surface area contributed by atoms with Crippen molar-refractivity contribution in [3.8, 4) is 11.4 Å². The molecule has 0 bridgehead atoms. The quantitative estimate of drug-likeness (QED) is 0.533. The van der Waals surface area contributed by atoms with E-state index in [9.17, 15) is 4.79 Å². The summed E-state index contributed by atoms with van der Waals surface area (Å²) in [6.45, 7) is 6.33. The molecule has 0 aliphatic rings. The van der Waals surface area contributed by atoms with Gasteiger partial charge in [-0.1, -0.05) is 42.5 Å². The fourth-order valence-electron chi connectivity index (χ4n) is 3.66. The van der Waals surface area contributed by atoms with Crippen molar-refractivity contribution in [3.05, 3.63) is 83.4 Å². The number of hydrogen-bond donors (Lipinski definition) is 1. The standard InChI is InChI=1S/C24H23N3O/c1-16-12-17(2)14-19(13-16)25-23(28)15-27-22-11-7-6-10-21(22)26-24(27)20-9-5-4-8-18(20)3/h4-14H,15H2,1-3H3,(H,25,28). The van der Waals surface area contributed by atoms with E-state index in [4.69, 9.17) is 4.98 Å². The Kier molecular flexibility index (Phi) is 4.70. The average Bonchev–Trinajstić information content (AvgIpc) is 2.99. The number of carbonyl (C=O) groups excluding carboxylic acids is 1. The summed E-state index contributed by atoms with van der Waals surface area (Å²) in [5.74, 6) is 0.748. The molecule has 1 amide bonds. The van der Waals surface area contributed by atoms with Crippen LogP contribution < -0.4 is 5.32 Å². The molecule has 4 aromatic rings. The first kappa shape index (κ1) is 18.0. The predicted molar refractivity (Wildman–Crippen MR) is 114 cm³/mol. The van der Waals surface area contributed by atoms with Crippen molar-refractivity contribution in [2.75, 3.05) is 5.32 Å². The van der Waals surface area contributed by atoms with Gasteiger partial charge in [-0.25, -0.2) is 4.98 Å². The van der Waals surface area contributed by atoms with Crippen LogP contribution >= 0.6 is 0 Å². The minimum absolute atomic E-state index is 0.0667. The van der Waals surface area contributed by atoms with Crippen LogP contribution in [-0.4, -0.2) is 15.5 Å². The molecule has 0 aliphatic heterocycles. The van der Waals surface area contributed by atoms with E-state index in [1.54, 1.807) is 0 Å². The first-order valence-electron chi connectivity index (χ1n) is 9.41. The molecule has 3 aromatic carbocycles. The molecule has 1 N–H and O–H groups in total. The van der Waals surface area contributed by atoms with Crippen LogP contribution in [-0.2, 0) is 11.3 Å². The number of rotatable bonds is 4. The van der Waals surface area contributed by atoms with Crippen LogP contribution in [0.1, 0.15) is 16.7 Å². The predicted octanol–water partition coefficient (Wildman–Crippen LogP) is 5.27. The normalized spacial score (nSPS) is 11.0. The third-order valence-corrected chi connectivity index (χ3v) is 4.85. The van der Waals surface area contributed by atoms with Crippen LogP contribution in [0.25, 0.3) is 22.4 Å². The van der Waals surface area contributed by atoms with Crippen molar-refractivity contribution in [2.24, 2.45) is 0 Å². The first-order chi connectivity index (χ1) is 13.5. The Morgan fingerprint density at radius 3 is 2.36 bits per heavy atom. The van der Waals surface area contributed by atoms with Crippen LogP contribution in [0.4, 0.5) is 5.69 Å². The minimum atomic E-state index is -0.0667. The second-order valence-corrected chi connectivity index (χ2v) is 7.25. The zero-order valence-corrected chi connectivity index (χ0v) is 16.4. The molecule has 0 unspecified atom stereocenters. The molecule has 4 heteroatoms. The second kappa shape index (κ2) is 7.31. The lowest BCUT2D eigenvalue weighted by Gasteiger charge is -2.12. The van der Waals surface area contributed by atoms with Crippen LogP contribution in [0.5, 0.6) is 0 Å². The van der Waals surface area contributed by atoms with E-state index in [-0.39, 0.29) is 12.5 Å². The second-order valence-electron chi connectivity index (χ2n) is 7.25. The Morgan fingerprint density at radius 2 is 1.61 bits per heavy atom. The Labute approximate surface area is 164 Å². The summed E-state index contributed by atoms with van der Waals surface area (Å²) < 4.78 is 2.00. The van der Waals surface area contributed by atoms with Crippen molar-refractivity contribution in [3.63, 3.8) is 0 Å². The number of imidazole rings is 1. The van der Waals surface area contributed by atoms with Crippen molar-refractivity contribution in [1.82, 2.24) is 9.55 Å². The monoisotopic (exact) mass is 369 g/mol. The van der Waals surface area contributed by atoms with Gasteiger partial charge in [0.1, 0.15) is 12.4 Å². The summed E-state index contributed by atoms with van der Waals surface area (Å²) in [4.78, 5) is 17.7. The van der Waals surface area contributed by atoms with E-state index in [1.165, 1.54) is 0 Å². The van der Waals surface area contributed by atoms with E-state index < -0.39 is 0 Å². The fourth-order valence-corrected chi connectivity index (χ4v) is 3.66. The molecule has 0 atom stereocenters. The highest BCUT2D eigenvalue weighted by molar-refractivity contribution is 5.93. The van der Waals surface area contributed by atoms with Gasteiger partial charge in [0, 0.05) is 11.3 Å². The van der Waals surface area contributed by atoms with Crippen molar-refractivity contribution in [1.29, 1.82) is 0 Å². The molecule has 140 valence electrons. The molecule has 0 spiro atoms. The molecule has 0 aliphatic carbocycles. The van der Waals surface area contributed by atoms with Gasteiger partial charge in [-0.2, -0.15) is 0 Å². The number of carbonyl (C=O) groups is 1. The number of anilines is 1. The Bertz CT molecular complexity index is 1150. The maximum atomic E-state index is 12.9. The van der Waals surface area contributed by atoms with Gasteiger partial charge in [-0.05, 0) is 61.7 Å². The molecular weight excluding hydrogens is 346 g/mol. The topological polar surface area (TPSA) is 46.9 Å². The number of para-hydroxylation sites is 2. The van der Waals surface area contributed by atoms with E-state index in [2.05, 4.69) is 30.4 Å². The first-order valence-corrected chi connectivity index (χ1v) is 9.41. The summed E-state index contributed by atoms with van der Waals surface area (Å²) in [5.41, 5.74) is 7.10. The molecule has 0 fully saturated rings. The van der Waals surface area contributed by atoms with Gasteiger partial charge in [-0.15, -0.1) is 0 Å². The summed E-state index contributed by atoms with van der Waals surface area (Å²) >= 11 is 0. The molecule has 28 heavy (non-hydrogen) atoms. The zero-order valence-electron chi connectivity index (χ0n) is 16.4. The summed E-state index contributed by atoms with van der Waals surface area (Å²) in [7, 11) is 0. The van der Waals surface area contributed by atoms with Gasteiger partial charge in [-0.3, -0.25) is 4.79 Å². The van der Waals surface area contributed by atoms with E-state index >= 15 is 0 Å². The molecule has 4 rings (SSSR count). The maximum Gasteiger partial charge on any atom is 0.244 e. The minimum Gasteiger partial charge on any atom is -0.325 e. The molecule has 4 nitrogen and oxygen atoms in total. The van der Waals surface area contributed by atoms with E-state index in [0.29, 0.717) is 0 Å². The Balaban J connectivity index is 1.72. The van der Waals surface area contributed by atoms with Gasteiger partial charge in [0.15, 0.2) is 0 Å². The number of nitrogens with one attached hydrogen (secondary N) is 1. The smallest absolute Gasteiger partial charge is 0.244 e. The number of nitrogens with zero attached hydrogens (tertiary/aromatic N) is 2. The molecule has 1 heterocycles. The highest BCUT2D eigenvalue weighted by Gasteiger charge is 2.16. The number of benzene rings is 3. The molecule has 1 aromatic heterocycles. The molecule has 0 saturated heterocycles. The molecule has 0 radical (unpaired) electrons. The van der Waals surface area contributed by atoms with Gasteiger partial charge >= 0.3 is 0 Å². The highest BCUT2D eigenvalue weighted by Crippen LogP contribution is 2.27. The summed E-state index contributed by atoms with van der Waals surface area (Å²) in [5, 5.41) is 3.03. The average molecular weight is 369 g/mol. The van der Waals surface area contributed by atoms with Gasteiger partial charge < -0.3 is 9.88 Å². The van der Waals surface area contributed by atoms with Crippen molar-refractivity contribution in [2.45, 2.75) is 27.3 Å². The third kappa shape index (κ3) is 3.54. The third-order valence-electron chi connectivity index (χ3n) is 4.85. The lowest BCUT2D eigenvalue weighted by molar-refractivity contribution is -0.116. The number of fused-ring (bicyclic) bond motifs is 1. The lowest BCUT2D eigenvalue weighted by Crippen LogP contribution is -2.19.